The summed E-state index contributed by atoms with van der Waals surface area (Å²) in [6.07, 6.45) is 0.379. The van der Waals surface area contributed by atoms with Crippen LogP contribution < -0.4 is 0 Å². The molecule has 1 atom stereocenters. The molecule has 5 heteroatoms. The fraction of sp³-hybridized carbons (Fsp3) is 0.238. The summed E-state index contributed by atoms with van der Waals surface area (Å²) in [5.41, 5.74) is 3.99. The molecule has 0 spiro atoms. The van der Waals surface area contributed by atoms with Crippen molar-refractivity contribution < 1.29 is 4.79 Å². The average Bonchev–Trinajstić information content (AvgIpc) is 3.05. The standard InChI is InChI=1S/C21H22ClN3O/c1-15-11-19(24-23-15)14-25(2)21(26)13-20(16-7-4-3-5-8-16)17-9-6-10-18(22)12-17/h3-12,20H,13-14H2,1-2H3,(H,23,24). The monoisotopic (exact) mass is 367 g/mol. The lowest BCUT2D eigenvalue weighted by molar-refractivity contribution is -0.130. The van der Waals surface area contributed by atoms with Gasteiger partial charge in [-0.3, -0.25) is 9.89 Å². The number of aryl methyl sites for hydroxylation is 1. The lowest BCUT2D eigenvalue weighted by Crippen LogP contribution is -2.28. The van der Waals surface area contributed by atoms with Crippen molar-refractivity contribution in [1.82, 2.24) is 15.1 Å². The Morgan fingerprint density at radius 2 is 1.85 bits per heavy atom. The van der Waals surface area contributed by atoms with Crippen molar-refractivity contribution in [2.24, 2.45) is 0 Å². The first-order valence-electron chi connectivity index (χ1n) is 8.58. The minimum atomic E-state index is -0.0363. The molecule has 1 aromatic heterocycles. The van der Waals surface area contributed by atoms with Crippen molar-refractivity contribution >= 4 is 17.5 Å². The highest BCUT2D eigenvalue weighted by Gasteiger charge is 2.21. The summed E-state index contributed by atoms with van der Waals surface area (Å²) in [5, 5.41) is 7.79. The number of carbonyl (C=O) groups excluding carboxylic acids is 1. The fourth-order valence-electron chi connectivity index (χ4n) is 3.05. The van der Waals surface area contributed by atoms with Crippen LogP contribution in [-0.4, -0.2) is 28.1 Å². The molecule has 1 heterocycles. The van der Waals surface area contributed by atoms with E-state index < -0.39 is 0 Å². The van der Waals surface area contributed by atoms with Crippen LogP contribution in [0.25, 0.3) is 0 Å². The van der Waals surface area contributed by atoms with Gasteiger partial charge < -0.3 is 4.90 Å². The predicted molar refractivity (Wildman–Crippen MR) is 104 cm³/mol. The molecule has 3 aromatic rings. The normalized spacial score (nSPS) is 12.0. The van der Waals surface area contributed by atoms with Gasteiger partial charge in [0.05, 0.1) is 12.2 Å². The van der Waals surface area contributed by atoms with Gasteiger partial charge in [0.1, 0.15) is 0 Å². The molecule has 0 fully saturated rings. The van der Waals surface area contributed by atoms with E-state index in [9.17, 15) is 4.79 Å². The van der Waals surface area contributed by atoms with Crippen molar-refractivity contribution in [1.29, 1.82) is 0 Å². The quantitative estimate of drug-likeness (QED) is 0.694. The lowest BCUT2D eigenvalue weighted by Gasteiger charge is -2.22. The van der Waals surface area contributed by atoms with Gasteiger partial charge in [0, 0.05) is 30.1 Å². The minimum absolute atomic E-state index is 0.0363. The topological polar surface area (TPSA) is 49.0 Å². The number of hydrogen-bond donors (Lipinski definition) is 1. The van der Waals surface area contributed by atoms with E-state index in [1.807, 2.05) is 62.5 Å². The van der Waals surface area contributed by atoms with Crippen LogP contribution in [0.5, 0.6) is 0 Å². The molecule has 0 aliphatic rings. The van der Waals surface area contributed by atoms with Crippen molar-refractivity contribution in [2.45, 2.75) is 25.8 Å². The van der Waals surface area contributed by atoms with Gasteiger partial charge in [0.25, 0.3) is 0 Å². The van der Waals surface area contributed by atoms with Crippen LogP contribution in [0, 0.1) is 6.92 Å². The predicted octanol–water partition coefficient (Wildman–Crippen LogP) is 4.55. The van der Waals surface area contributed by atoms with E-state index in [1.165, 1.54) is 0 Å². The van der Waals surface area contributed by atoms with Gasteiger partial charge >= 0.3 is 0 Å². The molecule has 0 radical (unpaired) electrons. The number of hydrogen-bond acceptors (Lipinski definition) is 2. The molecule has 134 valence electrons. The van der Waals surface area contributed by atoms with E-state index in [2.05, 4.69) is 22.3 Å². The Hall–Kier alpha value is -2.59. The van der Waals surface area contributed by atoms with Crippen molar-refractivity contribution in [3.63, 3.8) is 0 Å². The number of nitrogens with one attached hydrogen (secondary N) is 1. The Morgan fingerprint density at radius 3 is 2.50 bits per heavy atom. The van der Waals surface area contributed by atoms with Crippen molar-refractivity contribution in [3.8, 4) is 0 Å². The van der Waals surface area contributed by atoms with Crippen LogP contribution >= 0.6 is 11.6 Å². The molecule has 0 saturated heterocycles. The first-order chi connectivity index (χ1) is 12.5. The van der Waals surface area contributed by atoms with E-state index in [-0.39, 0.29) is 11.8 Å². The third kappa shape index (κ3) is 4.52. The molecule has 26 heavy (non-hydrogen) atoms. The number of amides is 1. The summed E-state index contributed by atoms with van der Waals surface area (Å²) in [5.74, 6) is 0.0326. The Morgan fingerprint density at radius 1 is 1.12 bits per heavy atom. The van der Waals surface area contributed by atoms with E-state index >= 15 is 0 Å². The van der Waals surface area contributed by atoms with Gasteiger partial charge in [0.15, 0.2) is 0 Å². The van der Waals surface area contributed by atoms with Gasteiger partial charge in [-0.05, 0) is 36.2 Å². The largest absolute Gasteiger partial charge is 0.340 e. The summed E-state index contributed by atoms with van der Waals surface area (Å²) >= 11 is 6.18. The van der Waals surface area contributed by atoms with E-state index in [0.717, 1.165) is 22.5 Å². The summed E-state index contributed by atoms with van der Waals surface area (Å²) < 4.78 is 0. The summed E-state index contributed by atoms with van der Waals surface area (Å²) in [4.78, 5) is 14.6. The number of benzene rings is 2. The minimum Gasteiger partial charge on any atom is -0.340 e. The first kappa shape index (κ1) is 18.2. The SMILES string of the molecule is Cc1cc(CN(C)C(=O)CC(c2ccccc2)c2cccc(Cl)c2)n[nH]1. The van der Waals surface area contributed by atoms with Crippen LogP contribution in [0.3, 0.4) is 0 Å². The van der Waals surface area contributed by atoms with Crippen LogP contribution in [0.4, 0.5) is 0 Å². The number of nitrogens with zero attached hydrogens (tertiary/aromatic N) is 2. The Kier molecular flexibility index (Phi) is 5.74. The fourth-order valence-corrected chi connectivity index (χ4v) is 3.25. The second-order valence-electron chi connectivity index (χ2n) is 6.51. The molecular formula is C21H22ClN3O. The highest BCUT2D eigenvalue weighted by Crippen LogP contribution is 2.30. The summed E-state index contributed by atoms with van der Waals surface area (Å²) in [7, 11) is 1.81. The molecule has 0 aliphatic carbocycles. The number of carbonyl (C=O) groups is 1. The van der Waals surface area contributed by atoms with Crippen LogP contribution in [0.1, 0.15) is 34.9 Å². The van der Waals surface area contributed by atoms with Gasteiger partial charge in [-0.1, -0.05) is 54.1 Å². The highest BCUT2D eigenvalue weighted by molar-refractivity contribution is 6.30. The van der Waals surface area contributed by atoms with Crippen molar-refractivity contribution in [3.05, 3.63) is 88.2 Å². The number of rotatable bonds is 6. The van der Waals surface area contributed by atoms with Crippen molar-refractivity contribution in [2.75, 3.05) is 7.05 Å². The average molecular weight is 368 g/mol. The Balaban J connectivity index is 1.80. The van der Waals surface area contributed by atoms with E-state index in [1.54, 1.807) is 4.90 Å². The molecular weight excluding hydrogens is 346 g/mol. The zero-order chi connectivity index (χ0) is 18.5. The van der Waals surface area contributed by atoms with Gasteiger partial charge in [-0.2, -0.15) is 5.10 Å². The maximum absolute atomic E-state index is 12.9. The maximum Gasteiger partial charge on any atom is 0.223 e. The van der Waals surface area contributed by atoms with Gasteiger partial charge in [-0.25, -0.2) is 0 Å². The van der Waals surface area contributed by atoms with Gasteiger partial charge in [-0.15, -0.1) is 0 Å². The summed E-state index contributed by atoms with van der Waals surface area (Å²) in [6, 6.07) is 19.8. The van der Waals surface area contributed by atoms with E-state index in [0.29, 0.717) is 18.0 Å². The molecule has 4 nitrogen and oxygen atoms in total. The lowest BCUT2D eigenvalue weighted by atomic mass is 9.88. The zero-order valence-corrected chi connectivity index (χ0v) is 15.7. The molecule has 0 bridgehead atoms. The molecule has 3 rings (SSSR count). The third-order valence-electron chi connectivity index (χ3n) is 4.42. The van der Waals surface area contributed by atoms with Crippen LogP contribution in [0.15, 0.2) is 60.7 Å². The Labute approximate surface area is 158 Å². The summed E-state index contributed by atoms with van der Waals surface area (Å²) in [6.45, 7) is 2.43. The second-order valence-corrected chi connectivity index (χ2v) is 6.95. The maximum atomic E-state index is 12.9. The highest BCUT2D eigenvalue weighted by atomic mass is 35.5. The molecule has 0 aliphatic heterocycles. The number of halogens is 1. The molecule has 2 aromatic carbocycles. The molecule has 1 N–H and O–H groups in total. The molecule has 1 unspecified atom stereocenters. The zero-order valence-electron chi connectivity index (χ0n) is 14.9. The smallest absolute Gasteiger partial charge is 0.223 e. The molecule has 0 saturated carbocycles. The second kappa shape index (κ2) is 8.19. The van der Waals surface area contributed by atoms with Crippen LogP contribution in [0.2, 0.25) is 5.02 Å². The number of H-pyrrole nitrogens is 1. The number of aromatic nitrogens is 2. The Bertz CT molecular complexity index is 876. The third-order valence-corrected chi connectivity index (χ3v) is 4.65. The van der Waals surface area contributed by atoms with Gasteiger partial charge in [0.2, 0.25) is 5.91 Å². The molecule has 1 amide bonds. The van der Waals surface area contributed by atoms with E-state index in [4.69, 9.17) is 11.6 Å². The first-order valence-corrected chi connectivity index (χ1v) is 8.96. The number of aromatic amines is 1. The van der Waals surface area contributed by atoms with Crippen LogP contribution in [-0.2, 0) is 11.3 Å².